The monoisotopic (exact) mass is 386 g/mol. The van der Waals surface area contributed by atoms with Crippen LogP contribution >= 0.6 is 0 Å². The van der Waals surface area contributed by atoms with Gasteiger partial charge in [-0.1, -0.05) is 56.3 Å². The van der Waals surface area contributed by atoms with E-state index in [2.05, 4.69) is 55.5 Å². The summed E-state index contributed by atoms with van der Waals surface area (Å²) in [5.41, 5.74) is 5.40. The molecule has 0 radical (unpaired) electrons. The first kappa shape index (κ1) is 17.7. The third kappa shape index (κ3) is 2.92. The van der Waals surface area contributed by atoms with Gasteiger partial charge in [0.05, 0.1) is 16.6 Å². The summed E-state index contributed by atoms with van der Waals surface area (Å²) in [4.78, 5) is 17.1. The molecule has 0 fully saturated rings. The number of carbonyl (C=O) groups is 1. The molecule has 2 aromatic heterocycles. The van der Waals surface area contributed by atoms with Crippen LogP contribution in [0.15, 0.2) is 53.1 Å². The van der Waals surface area contributed by atoms with Crippen molar-refractivity contribution in [1.29, 1.82) is 0 Å². The first-order chi connectivity index (χ1) is 13.9. The number of nitrogens with one attached hydrogen (secondary N) is 1. The highest BCUT2D eigenvalue weighted by atomic mass is 16.5. The van der Waals surface area contributed by atoms with Gasteiger partial charge in [-0.15, -0.1) is 0 Å². The van der Waals surface area contributed by atoms with Crippen molar-refractivity contribution in [2.45, 2.75) is 32.7 Å². The summed E-state index contributed by atoms with van der Waals surface area (Å²) in [6.45, 7) is 7.76. The zero-order valence-electron chi connectivity index (χ0n) is 16.7. The van der Waals surface area contributed by atoms with Gasteiger partial charge in [-0.05, 0) is 23.1 Å². The van der Waals surface area contributed by atoms with Crippen molar-refractivity contribution in [2.24, 2.45) is 0 Å². The van der Waals surface area contributed by atoms with E-state index in [9.17, 15) is 4.79 Å². The van der Waals surface area contributed by atoms with Crippen molar-refractivity contribution < 1.29 is 9.32 Å². The Morgan fingerprint density at radius 1 is 1.10 bits per heavy atom. The summed E-state index contributed by atoms with van der Waals surface area (Å²) in [5, 5.41) is 7.20. The van der Waals surface area contributed by atoms with Crippen LogP contribution in [-0.4, -0.2) is 27.2 Å². The molecule has 3 heterocycles. The summed E-state index contributed by atoms with van der Waals surface area (Å²) in [7, 11) is 0. The number of rotatable bonds is 2. The average Bonchev–Trinajstić information content (AvgIpc) is 3.28. The number of hydrogen-bond donors (Lipinski definition) is 1. The maximum absolute atomic E-state index is 12.3. The van der Waals surface area contributed by atoms with Gasteiger partial charge in [0.1, 0.15) is 5.69 Å². The smallest absolute Gasteiger partial charge is 0.253 e. The largest absolute Gasteiger partial charge is 0.352 e. The van der Waals surface area contributed by atoms with E-state index in [-0.39, 0.29) is 11.3 Å². The molecule has 6 heteroatoms. The number of carbonyl (C=O) groups excluding carboxylic acids is 1. The number of amides is 1. The summed E-state index contributed by atoms with van der Waals surface area (Å²) in [6, 6.07) is 15.9. The lowest BCUT2D eigenvalue weighted by molar-refractivity contribution is 0.0956. The molecule has 29 heavy (non-hydrogen) atoms. The Bertz CT molecular complexity index is 1230. The number of aromatic nitrogens is 3. The second kappa shape index (κ2) is 6.30. The molecule has 146 valence electrons. The van der Waals surface area contributed by atoms with Crippen molar-refractivity contribution in [2.75, 3.05) is 6.54 Å². The lowest BCUT2D eigenvalue weighted by atomic mass is 9.86. The Morgan fingerprint density at radius 3 is 2.66 bits per heavy atom. The van der Waals surface area contributed by atoms with Crippen LogP contribution in [0.25, 0.3) is 33.9 Å². The van der Waals surface area contributed by atoms with E-state index >= 15 is 0 Å². The summed E-state index contributed by atoms with van der Waals surface area (Å²) in [5.74, 6) is 1.21. The maximum atomic E-state index is 12.3. The molecule has 0 saturated carbocycles. The van der Waals surface area contributed by atoms with Crippen molar-refractivity contribution >= 4 is 16.9 Å². The van der Waals surface area contributed by atoms with Gasteiger partial charge >= 0.3 is 0 Å². The summed E-state index contributed by atoms with van der Waals surface area (Å²) < 4.78 is 7.70. The fraction of sp³-hybridized carbons (Fsp3) is 0.261. The van der Waals surface area contributed by atoms with Crippen molar-refractivity contribution in [3.05, 3.63) is 59.7 Å². The van der Waals surface area contributed by atoms with E-state index in [4.69, 9.17) is 9.51 Å². The fourth-order valence-corrected chi connectivity index (χ4v) is 3.81. The van der Waals surface area contributed by atoms with Crippen LogP contribution in [0.5, 0.6) is 0 Å². The number of hydrogen-bond acceptors (Lipinski definition) is 4. The van der Waals surface area contributed by atoms with Crippen LogP contribution in [0.2, 0.25) is 0 Å². The molecule has 5 rings (SSSR count). The van der Waals surface area contributed by atoms with Crippen molar-refractivity contribution in [1.82, 2.24) is 20.0 Å². The summed E-state index contributed by atoms with van der Waals surface area (Å²) >= 11 is 0. The van der Waals surface area contributed by atoms with Crippen molar-refractivity contribution in [3.63, 3.8) is 0 Å². The van der Waals surface area contributed by atoms with Crippen LogP contribution in [-0.2, 0) is 12.0 Å². The van der Waals surface area contributed by atoms with Crippen LogP contribution in [0, 0.1) is 0 Å². The second-order valence-corrected chi connectivity index (χ2v) is 8.42. The van der Waals surface area contributed by atoms with Crippen LogP contribution < -0.4 is 5.32 Å². The Balaban J connectivity index is 1.57. The number of benzene rings is 2. The quantitative estimate of drug-likeness (QED) is 0.554. The van der Waals surface area contributed by atoms with Gasteiger partial charge < -0.3 is 14.4 Å². The molecule has 1 aliphatic rings. The normalized spacial score (nSPS) is 14.1. The molecular formula is C23H22N4O2. The molecule has 1 amide bonds. The minimum Gasteiger partial charge on any atom is -0.352 e. The van der Waals surface area contributed by atoms with Gasteiger partial charge in [-0.25, -0.2) is 4.98 Å². The zero-order valence-corrected chi connectivity index (χ0v) is 16.7. The number of imidazole rings is 1. The lowest BCUT2D eigenvalue weighted by Gasteiger charge is -2.18. The lowest BCUT2D eigenvalue weighted by Crippen LogP contribution is -2.24. The minimum absolute atomic E-state index is 0.0713. The highest BCUT2D eigenvalue weighted by Crippen LogP contribution is 2.31. The van der Waals surface area contributed by atoms with Crippen LogP contribution in [0.3, 0.4) is 0 Å². The van der Waals surface area contributed by atoms with Gasteiger partial charge in [0.25, 0.3) is 5.91 Å². The highest BCUT2D eigenvalue weighted by molar-refractivity contribution is 6.06. The van der Waals surface area contributed by atoms with Gasteiger partial charge in [-0.3, -0.25) is 4.79 Å². The standard InChI is InChI=1S/C23H22N4O2/c1-23(2,3)15-9-7-14(8-10-15)18-13-19(29-26-18)21-25-17-6-4-5-16-20(17)27(21)12-11-24-22(16)28/h4-10,13H,11-12H2,1-3H3,(H,24,28). The Morgan fingerprint density at radius 2 is 1.90 bits per heavy atom. The predicted octanol–water partition coefficient (Wildman–Crippen LogP) is 4.40. The highest BCUT2D eigenvalue weighted by Gasteiger charge is 2.24. The third-order valence-electron chi connectivity index (χ3n) is 5.41. The van der Waals surface area contributed by atoms with Crippen LogP contribution in [0.4, 0.5) is 0 Å². The van der Waals surface area contributed by atoms with E-state index in [1.54, 1.807) is 0 Å². The predicted molar refractivity (Wildman–Crippen MR) is 112 cm³/mol. The molecule has 0 aliphatic carbocycles. The molecule has 1 N–H and O–H groups in total. The average molecular weight is 386 g/mol. The first-order valence-corrected chi connectivity index (χ1v) is 9.77. The number of nitrogens with zero attached hydrogens (tertiary/aromatic N) is 3. The van der Waals surface area contributed by atoms with E-state index in [0.717, 1.165) is 22.3 Å². The minimum atomic E-state index is -0.0713. The fourth-order valence-electron chi connectivity index (χ4n) is 3.81. The SMILES string of the molecule is CC(C)(C)c1ccc(-c2cc(-c3nc4cccc5c4n3CCNC5=O)on2)cc1. The molecule has 0 saturated heterocycles. The Hall–Kier alpha value is -3.41. The molecule has 6 nitrogen and oxygen atoms in total. The molecule has 0 atom stereocenters. The summed E-state index contributed by atoms with van der Waals surface area (Å²) in [6.07, 6.45) is 0. The second-order valence-electron chi connectivity index (χ2n) is 8.42. The molecule has 0 unspecified atom stereocenters. The maximum Gasteiger partial charge on any atom is 0.253 e. The molecular weight excluding hydrogens is 364 g/mol. The van der Waals surface area contributed by atoms with E-state index < -0.39 is 0 Å². The first-order valence-electron chi connectivity index (χ1n) is 9.77. The van der Waals surface area contributed by atoms with Gasteiger partial charge in [0, 0.05) is 24.7 Å². The van der Waals surface area contributed by atoms with Gasteiger partial charge in [0.15, 0.2) is 5.82 Å². The van der Waals surface area contributed by atoms with Gasteiger partial charge in [0.2, 0.25) is 5.76 Å². The molecule has 0 spiro atoms. The Kier molecular flexibility index (Phi) is 3.84. The number of para-hydroxylation sites is 1. The van der Waals surface area contributed by atoms with E-state index in [0.29, 0.717) is 30.2 Å². The van der Waals surface area contributed by atoms with Crippen molar-refractivity contribution in [3.8, 4) is 22.8 Å². The molecule has 2 aromatic carbocycles. The van der Waals surface area contributed by atoms with Crippen LogP contribution in [0.1, 0.15) is 36.7 Å². The van der Waals surface area contributed by atoms with Gasteiger partial charge in [-0.2, -0.15) is 0 Å². The van der Waals surface area contributed by atoms with E-state index in [1.807, 2.05) is 28.8 Å². The molecule has 0 bridgehead atoms. The molecule has 4 aromatic rings. The Labute approximate surface area is 168 Å². The third-order valence-corrected chi connectivity index (χ3v) is 5.41. The van der Waals surface area contributed by atoms with E-state index in [1.165, 1.54) is 5.56 Å². The molecule has 1 aliphatic heterocycles. The zero-order chi connectivity index (χ0) is 20.2. The topological polar surface area (TPSA) is 73.0 Å².